The van der Waals surface area contributed by atoms with Crippen molar-refractivity contribution >= 4 is 35.8 Å². The lowest BCUT2D eigenvalue weighted by Crippen LogP contribution is -2.60. The number of rotatable bonds is 6. The Morgan fingerprint density at radius 2 is 2.06 bits per heavy atom. The first kappa shape index (κ1) is 23.7. The minimum absolute atomic E-state index is 0.000728. The van der Waals surface area contributed by atoms with Gasteiger partial charge in [0.15, 0.2) is 12.2 Å². The van der Waals surface area contributed by atoms with Crippen LogP contribution in [-0.2, 0) is 9.59 Å². The van der Waals surface area contributed by atoms with Gasteiger partial charge in [-0.3, -0.25) is 25.5 Å². The Labute approximate surface area is 193 Å². The number of hydrogen-bond donors (Lipinski definition) is 6. The van der Waals surface area contributed by atoms with Gasteiger partial charge in [0.1, 0.15) is 6.67 Å². The molecule has 0 saturated carbocycles. The van der Waals surface area contributed by atoms with Gasteiger partial charge < -0.3 is 20.9 Å². The number of carbonyl (C=O) groups excluding carboxylic acids is 2. The second-order valence-electron chi connectivity index (χ2n) is 8.19. The minimum atomic E-state index is -4.29. The van der Waals surface area contributed by atoms with E-state index in [-0.39, 0.29) is 50.6 Å². The molecule has 14 heteroatoms. The van der Waals surface area contributed by atoms with Gasteiger partial charge >= 0.3 is 12.0 Å². The number of carbonyl (C=O) groups is 2. The van der Waals surface area contributed by atoms with Gasteiger partial charge in [0, 0.05) is 31.6 Å². The summed E-state index contributed by atoms with van der Waals surface area (Å²) in [5.41, 5.74) is 0. The summed E-state index contributed by atoms with van der Waals surface area (Å²) in [6, 6.07) is -0.877. The van der Waals surface area contributed by atoms with Crippen LogP contribution in [0.5, 0.6) is 0 Å². The van der Waals surface area contributed by atoms with Crippen LogP contribution < -0.4 is 36.6 Å². The lowest BCUT2D eigenvalue weighted by atomic mass is 9.91. The lowest BCUT2D eigenvalue weighted by Gasteiger charge is -2.34. The van der Waals surface area contributed by atoms with Gasteiger partial charge in [0.05, 0.1) is 16.9 Å². The van der Waals surface area contributed by atoms with Crippen molar-refractivity contribution in [2.45, 2.75) is 37.3 Å². The van der Waals surface area contributed by atoms with Gasteiger partial charge in [-0.05, 0) is 19.4 Å². The van der Waals surface area contributed by atoms with E-state index < -0.39 is 24.0 Å². The fourth-order valence-electron chi connectivity index (χ4n) is 4.26. The van der Waals surface area contributed by atoms with Crippen LogP contribution in [0, 0.1) is 5.92 Å². The number of alkyl halides is 3. The van der Waals surface area contributed by atoms with Crippen molar-refractivity contribution in [2.75, 3.05) is 38.6 Å². The van der Waals surface area contributed by atoms with Crippen molar-refractivity contribution in [1.82, 2.24) is 41.5 Å². The van der Waals surface area contributed by atoms with E-state index in [4.69, 9.17) is 0 Å². The first-order valence-electron chi connectivity index (χ1n) is 10.9. The topological polar surface area (TPSA) is 124 Å². The van der Waals surface area contributed by atoms with E-state index in [0.717, 1.165) is 18.1 Å². The van der Waals surface area contributed by atoms with Crippen LogP contribution in [-0.4, -0.2) is 91.9 Å². The number of fused-ring (bicyclic) bond motifs is 1. The minimum Gasteiger partial charge on any atom is -0.353 e. The van der Waals surface area contributed by atoms with Crippen molar-refractivity contribution in [3.8, 4) is 0 Å². The van der Waals surface area contributed by atoms with E-state index in [1.165, 1.54) is 11.8 Å². The number of amidine groups is 1. The quantitative estimate of drug-likeness (QED) is 0.187. The molecule has 0 radical (unpaired) electrons. The molecule has 4 aliphatic rings. The van der Waals surface area contributed by atoms with E-state index in [0.29, 0.717) is 11.6 Å². The number of thioether (sulfide) groups is 1. The van der Waals surface area contributed by atoms with Crippen LogP contribution in [0.2, 0.25) is 0 Å². The van der Waals surface area contributed by atoms with Gasteiger partial charge in [-0.1, -0.05) is 0 Å². The van der Waals surface area contributed by atoms with E-state index in [1.54, 1.807) is 6.34 Å². The monoisotopic (exact) mass is 489 g/mol. The zero-order valence-corrected chi connectivity index (χ0v) is 18.7. The van der Waals surface area contributed by atoms with Crippen molar-refractivity contribution in [2.24, 2.45) is 5.92 Å². The molecule has 4 rings (SSSR count). The number of nitrogens with zero attached hydrogens (tertiary/aromatic N) is 2. The Kier molecular flexibility index (Phi) is 7.37. The highest BCUT2D eigenvalue weighted by Gasteiger charge is 2.44. The molecule has 2 amide bonds. The van der Waals surface area contributed by atoms with E-state index in [2.05, 4.69) is 41.5 Å². The van der Waals surface area contributed by atoms with Crippen LogP contribution in [0.1, 0.15) is 12.8 Å². The summed E-state index contributed by atoms with van der Waals surface area (Å²) in [6.07, 6.45) is -1.20. The predicted octanol–water partition coefficient (Wildman–Crippen LogP) is -2.02. The molecular weight excluding hydrogens is 461 g/mol. The third-order valence-corrected chi connectivity index (χ3v) is 7.00. The Morgan fingerprint density at radius 1 is 1.24 bits per heavy atom. The third-order valence-electron chi connectivity index (χ3n) is 6.01. The summed E-state index contributed by atoms with van der Waals surface area (Å²) < 4.78 is 43.1. The van der Waals surface area contributed by atoms with Crippen molar-refractivity contribution < 1.29 is 22.8 Å². The molecule has 33 heavy (non-hydrogen) atoms. The molecule has 2 fully saturated rings. The fraction of sp³-hybridized carbons (Fsp3) is 0.684. The van der Waals surface area contributed by atoms with Gasteiger partial charge in [0.2, 0.25) is 5.91 Å². The van der Waals surface area contributed by atoms with Crippen molar-refractivity contribution in [3.63, 3.8) is 0 Å². The summed E-state index contributed by atoms with van der Waals surface area (Å²) >= 11 is 1.45. The molecule has 0 aromatic carbocycles. The lowest BCUT2D eigenvalue weighted by molar-refractivity contribution is -0.183. The van der Waals surface area contributed by atoms with Crippen LogP contribution in [0.15, 0.2) is 11.1 Å². The Morgan fingerprint density at radius 3 is 2.88 bits per heavy atom. The van der Waals surface area contributed by atoms with Crippen molar-refractivity contribution in [1.29, 1.82) is 0 Å². The van der Waals surface area contributed by atoms with E-state index in [1.807, 2.05) is 6.20 Å². The Balaban J connectivity index is 1.22. The third kappa shape index (κ3) is 5.75. The Hall–Kier alpha value is -2.41. The summed E-state index contributed by atoms with van der Waals surface area (Å²) in [6.45, 7) is 1.86. The van der Waals surface area contributed by atoms with Gasteiger partial charge in [0.25, 0.3) is 12.2 Å². The Bertz CT molecular complexity index is 860. The molecule has 4 unspecified atom stereocenters. The smallest absolute Gasteiger partial charge is 0.353 e. The average molecular weight is 490 g/mol. The molecule has 4 atom stereocenters. The van der Waals surface area contributed by atoms with Gasteiger partial charge in [-0.25, -0.2) is 4.67 Å². The summed E-state index contributed by atoms with van der Waals surface area (Å²) in [5.74, 6) is -0.597. The van der Waals surface area contributed by atoms with Gasteiger partial charge in [-0.2, -0.15) is 13.2 Å². The highest BCUT2D eigenvalue weighted by molar-refractivity contribution is 8.04. The SMILES string of the molecule is O=C(NCCNC(=O)C1CC(C(F)(F)F)CCN1)C1=CN(C2NC=[N+]=C3NCNC32)CCS1. The molecule has 0 bridgehead atoms. The standard InChI is InChI=1S/C19H27F3N8O2S/c20-19(21,22)11-1-2-23-12(7-11)17(31)24-3-4-25-18(32)13-8-30(5-6-33-13)16-14-15(27-9-26-14)28-10-29-16/h8,10-12,14,16,23,26H,1-7,9H2,(H3,24,25,27,28,29,31,32)/p+1. The number of nitrogens with one attached hydrogen (secondary N) is 6. The summed E-state index contributed by atoms with van der Waals surface area (Å²) in [4.78, 5) is 27.4. The maximum absolute atomic E-state index is 12.9. The molecule has 2 saturated heterocycles. The van der Waals surface area contributed by atoms with Crippen LogP contribution in [0.25, 0.3) is 0 Å². The molecular formula is C19H28F3N8O2S+. The average Bonchev–Trinajstić information content (AvgIpc) is 3.30. The maximum Gasteiger partial charge on any atom is 0.391 e. The highest BCUT2D eigenvalue weighted by atomic mass is 32.2. The summed E-state index contributed by atoms with van der Waals surface area (Å²) in [5, 5.41) is 17.9. The zero-order chi connectivity index (χ0) is 23.4. The fourth-order valence-corrected chi connectivity index (χ4v) is 5.19. The number of hydrogen-bond acceptors (Lipinski definition) is 8. The first-order valence-corrected chi connectivity index (χ1v) is 11.9. The second kappa shape index (κ2) is 10.2. The maximum atomic E-state index is 12.9. The normalized spacial score (nSPS) is 29.2. The van der Waals surface area contributed by atoms with E-state index >= 15 is 0 Å². The van der Waals surface area contributed by atoms with Crippen LogP contribution in [0.3, 0.4) is 0 Å². The summed E-state index contributed by atoms with van der Waals surface area (Å²) in [7, 11) is 0. The molecule has 4 aliphatic heterocycles. The van der Waals surface area contributed by atoms with E-state index in [9.17, 15) is 22.8 Å². The van der Waals surface area contributed by atoms with Crippen molar-refractivity contribution in [3.05, 3.63) is 11.1 Å². The van der Waals surface area contributed by atoms with Gasteiger partial charge in [-0.15, -0.1) is 11.8 Å². The number of halogens is 3. The molecule has 182 valence electrons. The molecule has 0 aromatic rings. The first-order chi connectivity index (χ1) is 15.8. The molecule has 4 heterocycles. The molecule has 0 spiro atoms. The van der Waals surface area contributed by atoms with Crippen LogP contribution >= 0.6 is 11.8 Å². The number of piperidine rings is 1. The largest absolute Gasteiger partial charge is 0.391 e. The highest BCUT2D eigenvalue weighted by Crippen LogP contribution is 2.34. The second-order valence-corrected chi connectivity index (χ2v) is 9.32. The predicted molar refractivity (Wildman–Crippen MR) is 119 cm³/mol. The van der Waals surface area contributed by atoms with Crippen LogP contribution in [0.4, 0.5) is 13.2 Å². The zero-order valence-electron chi connectivity index (χ0n) is 17.9. The molecule has 6 N–H and O–H groups in total. The number of amides is 2. The molecule has 10 nitrogen and oxygen atoms in total. The molecule has 0 aliphatic carbocycles. The molecule has 0 aromatic heterocycles.